The maximum atomic E-state index is 11.2. The number of cyclic esters (lactones) is 1. The highest BCUT2D eigenvalue weighted by Crippen LogP contribution is 2.31. The van der Waals surface area contributed by atoms with Gasteiger partial charge in [0.25, 0.3) is 0 Å². The van der Waals surface area contributed by atoms with Crippen molar-refractivity contribution in [3.8, 4) is 0 Å². The van der Waals surface area contributed by atoms with Crippen LogP contribution in [0.5, 0.6) is 0 Å². The van der Waals surface area contributed by atoms with Crippen molar-refractivity contribution in [3.05, 3.63) is 0 Å². The Morgan fingerprint density at radius 2 is 2.21 bits per heavy atom. The third-order valence-corrected chi connectivity index (χ3v) is 7.06. The van der Waals surface area contributed by atoms with Crippen LogP contribution in [0.2, 0.25) is 19.1 Å². The molecular formula is C10H19NO2Si. The lowest BCUT2D eigenvalue weighted by atomic mass is 10.2. The van der Waals surface area contributed by atoms with Crippen LogP contribution in [0, 0.1) is 0 Å². The van der Waals surface area contributed by atoms with Crippen molar-refractivity contribution in [2.45, 2.75) is 51.0 Å². The molecule has 2 aliphatic rings. The van der Waals surface area contributed by atoms with Gasteiger partial charge in [0.2, 0.25) is 0 Å². The molecule has 3 nitrogen and oxygen atoms in total. The monoisotopic (exact) mass is 213 g/mol. The van der Waals surface area contributed by atoms with E-state index in [0.717, 1.165) is 19.4 Å². The Kier molecular flexibility index (Phi) is 2.66. The Balaban J connectivity index is 2.03. The fourth-order valence-electron chi connectivity index (χ4n) is 2.57. The highest BCUT2D eigenvalue weighted by molar-refractivity contribution is 6.75. The first-order chi connectivity index (χ1) is 6.59. The van der Waals surface area contributed by atoms with Crippen LogP contribution < -0.4 is 0 Å². The molecule has 2 rings (SSSR count). The molecule has 2 fully saturated rings. The van der Waals surface area contributed by atoms with Crippen LogP contribution in [0.4, 0.5) is 0 Å². The summed E-state index contributed by atoms with van der Waals surface area (Å²) in [6.45, 7) is 5.89. The number of hydrogen-bond donors (Lipinski definition) is 0. The van der Waals surface area contributed by atoms with Crippen LogP contribution in [0.25, 0.3) is 0 Å². The Hall–Kier alpha value is -0.353. The van der Waals surface area contributed by atoms with Gasteiger partial charge in [-0.05, 0) is 31.9 Å². The maximum absolute atomic E-state index is 11.2. The van der Waals surface area contributed by atoms with Crippen molar-refractivity contribution in [1.82, 2.24) is 4.57 Å². The zero-order valence-electron chi connectivity index (χ0n) is 9.08. The van der Waals surface area contributed by atoms with E-state index in [1.54, 1.807) is 0 Å². The van der Waals surface area contributed by atoms with Gasteiger partial charge in [-0.3, -0.25) is 9.36 Å². The first-order valence-electron chi connectivity index (χ1n) is 5.56. The Morgan fingerprint density at radius 3 is 2.79 bits per heavy atom. The van der Waals surface area contributed by atoms with Gasteiger partial charge in [0.15, 0.2) is 0 Å². The predicted molar refractivity (Wildman–Crippen MR) is 57.3 cm³/mol. The van der Waals surface area contributed by atoms with Gasteiger partial charge in [0.1, 0.15) is 14.5 Å². The van der Waals surface area contributed by atoms with Gasteiger partial charge < -0.3 is 4.74 Å². The van der Waals surface area contributed by atoms with Crippen LogP contribution in [-0.2, 0) is 9.53 Å². The Morgan fingerprint density at radius 1 is 1.43 bits per heavy atom. The highest BCUT2D eigenvalue weighted by Gasteiger charge is 2.40. The molecule has 0 bridgehead atoms. The molecule has 14 heavy (non-hydrogen) atoms. The van der Waals surface area contributed by atoms with E-state index in [0.29, 0.717) is 6.42 Å². The van der Waals surface area contributed by atoms with E-state index >= 15 is 0 Å². The summed E-state index contributed by atoms with van der Waals surface area (Å²) in [7, 11) is -1.23. The van der Waals surface area contributed by atoms with E-state index in [-0.39, 0.29) is 12.2 Å². The molecule has 4 heteroatoms. The summed E-state index contributed by atoms with van der Waals surface area (Å²) >= 11 is 0. The molecule has 80 valence electrons. The number of hydrogen-bond acceptors (Lipinski definition) is 3. The summed E-state index contributed by atoms with van der Waals surface area (Å²) in [5.74, 6) is -0.00190. The van der Waals surface area contributed by atoms with Crippen LogP contribution in [-0.4, -0.2) is 31.5 Å². The van der Waals surface area contributed by atoms with Crippen molar-refractivity contribution < 1.29 is 9.53 Å². The van der Waals surface area contributed by atoms with Crippen LogP contribution >= 0.6 is 0 Å². The maximum Gasteiger partial charge on any atom is 0.307 e. The van der Waals surface area contributed by atoms with E-state index in [1.807, 2.05) is 0 Å². The molecule has 0 aromatic carbocycles. The van der Waals surface area contributed by atoms with Gasteiger partial charge in [-0.1, -0.05) is 13.1 Å². The number of esters is 1. The van der Waals surface area contributed by atoms with Crippen molar-refractivity contribution in [2.24, 2.45) is 0 Å². The molecule has 0 N–H and O–H groups in total. The lowest BCUT2D eigenvalue weighted by molar-refractivity contribution is -0.161. The lowest BCUT2D eigenvalue weighted by Crippen LogP contribution is -2.52. The van der Waals surface area contributed by atoms with Gasteiger partial charge in [0, 0.05) is 6.42 Å². The Labute approximate surface area is 86.5 Å². The predicted octanol–water partition coefficient (Wildman–Crippen LogP) is 1.95. The summed E-state index contributed by atoms with van der Waals surface area (Å²) in [6.07, 6.45) is 4.06. The molecular weight excluding hydrogens is 194 g/mol. The largest absolute Gasteiger partial charge is 0.447 e. The van der Waals surface area contributed by atoms with E-state index in [1.165, 1.54) is 12.5 Å². The molecule has 0 saturated carbocycles. The van der Waals surface area contributed by atoms with Gasteiger partial charge in [0.05, 0.1) is 0 Å². The van der Waals surface area contributed by atoms with Crippen LogP contribution in [0.1, 0.15) is 25.7 Å². The van der Waals surface area contributed by atoms with E-state index in [9.17, 15) is 4.79 Å². The van der Waals surface area contributed by atoms with E-state index in [4.69, 9.17) is 4.74 Å². The molecule has 0 spiro atoms. The second-order valence-corrected chi connectivity index (χ2v) is 9.65. The second-order valence-electron chi connectivity index (χ2n) is 4.95. The SMILES string of the molecule is C[Si]1(C)CCCN1C1CCCC(=O)O1. The minimum absolute atomic E-state index is 0.00190. The van der Waals surface area contributed by atoms with Crippen molar-refractivity contribution in [1.29, 1.82) is 0 Å². The zero-order valence-corrected chi connectivity index (χ0v) is 10.1. The van der Waals surface area contributed by atoms with Crippen molar-refractivity contribution >= 4 is 14.2 Å². The Bertz CT molecular complexity index is 242. The normalized spacial score (nSPS) is 33.0. The highest BCUT2D eigenvalue weighted by atomic mass is 28.3. The first kappa shape index (κ1) is 10.2. The van der Waals surface area contributed by atoms with Gasteiger partial charge in [-0.25, -0.2) is 0 Å². The summed E-state index contributed by atoms with van der Waals surface area (Å²) in [4.78, 5) is 11.2. The van der Waals surface area contributed by atoms with E-state index in [2.05, 4.69) is 17.7 Å². The van der Waals surface area contributed by atoms with Crippen LogP contribution in [0.15, 0.2) is 0 Å². The second kappa shape index (κ2) is 3.66. The summed E-state index contributed by atoms with van der Waals surface area (Å²) in [5, 5.41) is 0. The minimum Gasteiger partial charge on any atom is -0.447 e. The van der Waals surface area contributed by atoms with Crippen molar-refractivity contribution in [2.75, 3.05) is 6.54 Å². The zero-order chi connectivity index (χ0) is 10.2. The van der Waals surface area contributed by atoms with Crippen LogP contribution in [0.3, 0.4) is 0 Å². The fourth-order valence-corrected chi connectivity index (χ4v) is 5.61. The molecule has 0 aliphatic carbocycles. The molecule has 2 heterocycles. The molecule has 0 aromatic rings. The summed E-state index contributed by atoms with van der Waals surface area (Å²) < 4.78 is 7.92. The molecule has 2 saturated heterocycles. The van der Waals surface area contributed by atoms with Crippen molar-refractivity contribution in [3.63, 3.8) is 0 Å². The van der Waals surface area contributed by atoms with Gasteiger partial charge in [-0.15, -0.1) is 0 Å². The third-order valence-electron chi connectivity index (χ3n) is 3.41. The number of rotatable bonds is 1. The third kappa shape index (κ3) is 1.86. The quantitative estimate of drug-likeness (QED) is 0.492. The summed E-state index contributed by atoms with van der Waals surface area (Å²) in [6, 6.07) is 1.35. The average Bonchev–Trinajstić information content (AvgIpc) is 2.45. The minimum atomic E-state index is -1.23. The molecule has 2 aliphatic heterocycles. The number of ether oxygens (including phenoxy) is 1. The molecule has 0 amide bonds. The van der Waals surface area contributed by atoms with Gasteiger partial charge >= 0.3 is 5.97 Å². The topological polar surface area (TPSA) is 29.5 Å². The van der Waals surface area contributed by atoms with Gasteiger partial charge in [-0.2, -0.15) is 0 Å². The molecule has 0 radical (unpaired) electrons. The first-order valence-corrected chi connectivity index (χ1v) is 8.71. The molecule has 0 aromatic heterocycles. The lowest BCUT2D eigenvalue weighted by Gasteiger charge is -2.38. The average molecular weight is 213 g/mol. The fraction of sp³-hybridized carbons (Fsp3) is 0.900. The smallest absolute Gasteiger partial charge is 0.307 e. The van der Waals surface area contributed by atoms with E-state index < -0.39 is 8.24 Å². The number of carbonyl (C=O) groups excluding carboxylic acids is 1. The molecule has 1 unspecified atom stereocenters. The number of nitrogens with zero attached hydrogens (tertiary/aromatic N) is 1. The summed E-state index contributed by atoms with van der Waals surface area (Å²) in [5.41, 5.74) is 0. The standard InChI is InChI=1S/C10H19NO2Si/c1-14(2)8-4-7-11(14)9-5-3-6-10(12)13-9/h9H,3-8H2,1-2H3. The number of carbonyl (C=O) groups is 1. The molecule has 1 atom stereocenters.